The van der Waals surface area contributed by atoms with Crippen molar-refractivity contribution in [3.63, 3.8) is 0 Å². The monoisotopic (exact) mass is 916 g/mol. The maximum atomic E-state index is 12.3. The van der Waals surface area contributed by atoms with Gasteiger partial charge in [0, 0.05) is 47.5 Å². The zero-order chi connectivity index (χ0) is 47.0. The first-order valence-electron chi connectivity index (χ1n) is 22.3. The van der Waals surface area contributed by atoms with Crippen molar-refractivity contribution in [3.8, 4) is 5.75 Å². The number of fused-ring (bicyclic) bond motifs is 2. The molecular formula is C50H70N5O7S2+3. The second kappa shape index (κ2) is 18.5. The Hall–Kier alpha value is -4.41. The van der Waals surface area contributed by atoms with Crippen LogP contribution in [0.5, 0.6) is 5.75 Å². The Bertz CT molecular complexity index is 2640. The van der Waals surface area contributed by atoms with E-state index >= 15 is 0 Å². The van der Waals surface area contributed by atoms with Gasteiger partial charge >= 0.3 is 0 Å². The highest BCUT2D eigenvalue weighted by Gasteiger charge is 2.45. The Morgan fingerprint density at radius 1 is 0.766 bits per heavy atom. The van der Waals surface area contributed by atoms with E-state index < -0.39 is 31.1 Å². The lowest BCUT2D eigenvalue weighted by molar-refractivity contribution is -0.871. The Morgan fingerprint density at radius 3 is 1.98 bits per heavy atom. The molecule has 0 atom stereocenters. The van der Waals surface area contributed by atoms with Gasteiger partial charge in [0.25, 0.3) is 20.2 Å². The van der Waals surface area contributed by atoms with E-state index in [0.29, 0.717) is 12.3 Å². The second-order valence-electron chi connectivity index (χ2n) is 20.6. The predicted octanol–water partition coefficient (Wildman–Crippen LogP) is 7.93. The maximum absolute atomic E-state index is 12.3. The molecule has 0 unspecified atom stereocenters. The Kier molecular flexibility index (Phi) is 14.1. The number of hydrogen-bond donors (Lipinski definition) is 3. The number of rotatable bonds is 17. The van der Waals surface area contributed by atoms with Crippen molar-refractivity contribution in [2.75, 3.05) is 79.9 Å². The summed E-state index contributed by atoms with van der Waals surface area (Å²) in [6.07, 6.45) is 13.6. The topological polar surface area (TPSA) is 150 Å². The average Bonchev–Trinajstić information content (AvgIpc) is 3.53. The number of quaternary nitrogens is 2. The van der Waals surface area contributed by atoms with Crippen molar-refractivity contribution in [2.24, 2.45) is 5.73 Å². The molecular weight excluding hydrogens is 847 g/mol. The van der Waals surface area contributed by atoms with Crippen LogP contribution in [0.4, 0.5) is 11.4 Å². The standard InChI is InChI=1S/C50H68N5O7S2/c1-49(2)42-34-40(63(56,57)58)22-24-44(42)52(30-12-32-54(5,6)7)46(49)26-18-37-14-11-15-38(48(37)62-39-20-16-36(17-21-39)28-29-51)19-27-47-50(3,4)43-35-41(64(59,60)61)23-25-45(43)53(47)31-13-33-55(8,9)10/h16-27,34-35H,11-15,28-33,51H2,1-10H3/q+1/p+2. The summed E-state index contributed by atoms with van der Waals surface area (Å²) in [5.41, 5.74) is 13.4. The van der Waals surface area contributed by atoms with Crippen LogP contribution in [0.1, 0.15) is 76.5 Å². The minimum absolute atomic E-state index is 0.123. The number of benzene rings is 3. The Morgan fingerprint density at radius 2 is 1.38 bits per heavy atom. The van der Waals surface area contributed by atoms with Crippen molar-refractivity contribution in [1.29, 1.82) is 0 Å². The van der Waals surface area contributed by atoms with Crippen LogP contribution < -0.4 is 15.4 Å². The molecule has 0 saturated carbocycles. The van der Waals surface area contributed by atoms with E-state index in [4.69, 9.17) is 10.5 Å². The summed E-state index contributed by atoms with van der Waals surface area (Å²) < 4.78 is 80.1. The minimum atomic E-state index is -4.41. The molecule has 6 rings (SSSR count). The molecule has 14 heteroatoms. The molecule has 0 saturated heterocycles. The molecule has 346 valence electrons. The summed E-state index contributed by atoms with van der Waals surface area (Å²) in [6, 6.07) is 17.8. The molecule has 4 N–H and O–H groups in total. The number of ether oxygens (including phenoxy) is 1. The van der Waals surface area contributed by atoms with Crippen LogP contribution in [0, 0.1) is 0 Å². The summed E-state index contributed by atoms with van der Waals surface area (Å²) >= 11 is 0. The summed E-state index contributed by atoms with van der Waals surface area (Å²) in [5.74, 6) is 1.47. The number of hydrogen-bond acceptors (Lipinski definition) is 7. The second-order valence-corrected chi connectivity index (χ2v) is 23.4. The molecule has 0 radical (unpaired) electrons. The van der Waals surface area contributed by atoms with Gasteiger partial charge in [-0.25, -0.2) is 0 Å². The summed E-state index contributed by atoms with van der Waals surface area (Å²) in [4.78, 5) is 2.04. The molecule has 12 nitrogen and oxygen atoms in total. The van der Waals surface area contributed by atoms with Gasteiger partial charge in [-0.15, -0.1) is 0 Å². The number of allylic oxidation sites excluding steroid dienone is 7. The largest absolute Gasteiger partial charge is 0.457 e. The van der Waals surface area contributed by atoms with Gasteiger partial charge in [0.2, 0.25) is 5.69 Å². The van der Waals surface area contributed by atoms with Gasteiger partial charge in [-0.05, 0) is 123 Å². The summed E-state index contributed by atoms with van der Waals surface area (Å²) in [6.45, 7) is 12.3. The first kappa shape index (κ1) is 49.0. The fraction of sp³-hybridized carbons (Fsp3) is 0.460. The van der Waals surface area contributed by atoms with Crippen molar-refractivity contribution >= 4 is 37.3 Å². The lowest BCUT2D eigenvalue weighted by Gasteiger charge is -2.29. The van der Waals surface area contributed by atoms with Gasteiger partial charge in [0.1, 0.15) is 11.5 Å². The van der Waals surface area contributed by atoms with Crippen molar-refractivity contribution in [1.82, 2.24) is 0 Å². The third-order valence-electron chi connectivity index (χ3n) is 12.7. The lowest BCUT2D eigenvalue weighted by Crippen LogP contribution is -2.37. The van der Waals surface area contributed by atoms with Crippen LogP contribution in [-0.4, -0.2) is 120 Å². The van der Waals surface area contributed by atoms with Crippen molar-refractivity contribution < 1.29 is 44.2 Å². The molecule has 3 aromatic rings. The molecule has 0 aromatic heterocycles. The van der Waals surface area contributed by atoms with Crippen LogP contribution >= 0.6 is 0 Å². The first-order valence-corrected chi connectivity index (χ1v) is 25.2. The van der Waals surface area contributed by atoms with E-state index in [2.05, 4.69) is 104 Å². The highest BCUT2D eigenvalue weighted by atomic mass is 32.2. The average molecular weight is 917 g/mol. The van der Waals surface area contributed by atoms with E-state index in [1.165, 1.54) is 12.1 Å². The van der Waals surface area contributed by atoms with Crippen molar-refractivity contribution in [2.45, 2.75) is 86.8 Å². The molecule has 3 aliphatic rings. The van der Waals surface area contributed by atoms with Gasteiger partial charge in [-0.3, -0.25) is 9.11 Å². The number of nitrogens with two attached hydrogens (primary N) is 1. The van der Waals surface area contributed by atoms with Crippen LogP contribution in [-0.2, 0) is 37.5 Å². The summed E-state index contributed by atoms with van der Waals surface area (Å²) in [7, 11) is 4.21. The van der Waals surface area contributed by atoms with E-state index in [1.807, 2.05) is 36.4 Å². The van der Waals surface area contributed by atoms with Gasteiger partial charge in [-0.1, -0.05) is 32.1 Å². The molecule has 0 amide bonds. The van der Waals surface area contributed by atoms with Crippen LogP contribution in [0.15, 0.2) is 117 Å². The maximum Gasteiger partial charge on any atom is 0.294 e. The van der Waals surface area contributed by atoms with Crippen molar-refractivity contribution in [3.05, 3.63) is 124 Å². The Labute approximate surface area is 382 Å². The highest BCUT2D eigenvalue weighted by molar-refractivity contribution is 7.86. The first-order chi connectivity index (χ1) is 29.7. The molecule has 2 heterocycles. The van der Waals surface area contributed by atoms with Crippen LogP contribution in [0.3, 0.4) is 0 Å². The van der Waals surface area contributed by atoms with Gasteiger partial charge in [0.15, 0.2) is 12.3 Å². The fourth-order valence-electron chi connectivity index (χ4n) is 9.24. The third kappa shape index (κ3) is 11.2. The molecule has 3 aromatic carbocycles. The van der Waals surface area contributed by atoms with E-state index in [1.54, 1.807) is 12.1 Å². The van der Waals surface area contributed by atoms with Gasteiger partial charge in [-0.2, -0.15) is 21.4 Å². The van der Waals surface area contributed by atoms with Gasteiger partial charge in [0.05, 0.1) is 77.0 Å². The smallest absolute Gasteiger partial charge is 0.294 e. The fourth-order valence-corrected chi connectivity index (χ4v) is 10.3. The predicted molar refractivity (Wildman–Crippen MR) is 257 cm³/mol. The zero-order valence-corrected chi connectivity index (χ0v) is 41.1. The van der Waals surface area contributed by atoms with Crippen LogP contribution in [0.2, 0.25) is 0 Å². The minimum Gasteiger partial charge on any atom is -0.457 e. The number of nitrogens with zero attached hydrogens (tertiary/aromatic N) is 4. The molecule has 0 fully saturated rings. The van der Waals surface area contributed by atoms with E-state index in [0.717, 1.165) is 130 Å². The lowest BCUT2D eigenvalue weighted by atomic mass is 9.81. The highest BCUT2D eigenvalue weighted by Crippen LogP contribution is 2.49. The summed E-state index contributed by atoms with van der Waals surface area (Å²) in [5, 5.41) is 0. The third-order valence-corrected chi connectivity index (χ3v) is 14.4. The number of anilines is 1. The Balaban J connectivity index is 1.48. The molecule has 1 aliphatic carbocycles. The quantitative estimate of drug-likeness (QED) is 0.0697. The van der Waals surface area contributed by atoms with Gasteiger partial charge < -0.3 is 24.3 Å². The molecule has 0 bridgehead atoms. The van der Waals surface area contributed by atoms with E-state index in [-0.39, 0.29) is 9.79 Å². The molecule has 64 heavy (non-hydrogen) atoms. The normalized spacial score (nSPS) is 19.0. The SMILES string of the molecule is CC1(C)C(/C=C/C2=C(Oc3ccc(CCN)cc3)C(=C/C=C3/N(CCC[N+](C)(C)C)c4ccc(S(=O)(=O)O)cc4C3(C)C)/CCC2)=[N+](CCC[N+](C)(C)C)c2ccc(S(=O)(=O)O)cc21. The molecule has 0 spiro atoms. The molecule has 2 aliphatic heterocycles. The van der Waals surface area contributed by atoms with E-state index in [9.17, 15) is 25.9 Å². The van der Waals surface area contributed by atoms with Crippen LogP contribution in [0.25, 0.3) is 0 Å². The zero-order valence-electron chi connectivity index (χ0n) is 39.5.